The fourth-order valence-electron chi connectivity index (χ4n) is 2.07. The lowest BCUT2D eigenvalue weighted by Gasteiger charge is -2.24. The van der Waals surface area contributed by atoms with Gasteiger partial charge in [-0.2, -0.15) is 0 Å². The maximum Gasteiger partial charge on any atom is 0.215 e. The second kappa shape index (κ2) is 8.77. The molecule has 20 heavy (non-hydrogen) atoms. The van der Waals surface area contributed by atoms with Crippen LogP contribution < -0.4 is 10.6 Å². The van der Waals surface area contributed by atoms with E-state index in [-0.39, 0.29) is 11.8 Å². The Labute approximate surface area is 122 Å². The molecule has 2 atom stereocenters. The van der Waals surface area contributed by atoms with Gasteiger partial charge < -0.3 is 15.7 Å². The molecule has 0 spiro atoms. The molecule has 1 amide bonds. The molecule has 0 aliphatic heterocycles. The molecule has 1 aromatic carbocycles. The van der Waals surface area contributed by atoms with Crippen LogP contribution in [-0.2, 0) is 6.42 Å². The van der Waals surface area contributed by atoms with Gasteiger partial charge in [0.05, 0.1) is 12.1 Å². The van der Waals surface area contributed by atoms with Crippen LogP contribution in [0.1, 0.15) is 19.4 Å². The van der Waals surface area contributed by atoms with E-state index < -0.39 is 6.10 Å². The van der Waals surface area contributed by atoms with Gasteiger partial charge in [0.2, 0.25) is 7.85 Å². The SMILES string of the molecule is BC(=O)N[C@H](Cc1ccccc1)[C@@H](O)CNCC(C)C. The molecule has 0 fully saturated rings. The van der Waals surface area contributed by atoms with Gasteiger partial charge in [-0.15, -0.1) is 0 Å². The molecule has 0 heterocycles. The van der Waals surface area contributed by atoms with Gasteiger partial charge in [0.1, 0.15) is 0 Å². The normalized spacial score (nSPS) is 14.0. The molecule has 0 aliphatic rings. The van der Waals surface area contributed by atoms with E-state index in [1.807, 2.05) is 30.3 Å². The van der Waals surface area contributed by atoms with E-state index in [1.54, 1.807) is 0 Å². The van der Waals surface area contributed by atoms with E-state index in [1.165, 1.54) is 7.85 Å². The lowest BCUT2D eigenvalue weighted by molar-refractivity contribution is 0.128. The highest BCUT2D eigenvalue weighted by atomic mass is 16.3. The van der Waals surface area contributed by atoms with Crippen LogP contribution in [0, 0.1) is 5.92 Å². The van der Waals surface area contributed by atoms with Crippen LogP contribution >= 0.6 is 0 Å². The highest BCUT2D eigenvalue weighted by Crippen LogP contribution is 2.06. The Morgan fingerprint density at radius 3 is 2.45 bits per heavy atom. The minimum Gasteiger partial charge on any atom is -0.390 e. The summed E-state index contributed by atoms with van der Waals surface area (Å²) in [5.41, 5.74) is 1.11. The number of benzene rings is 1. The molecule has 4 nitrogen and oxygen atoms in total. The summed E-state index contributed by atoms with van der Waals surface area (Å²) in [7, 11) is 1.48. The Morgan fingerprint density at radius 1 is 1.25 bits per heavy atom. The topological polar surface area (TPSA) is 61.4 Å². The number of aliphatic hydroxyl groups is 1. The van der Waals surface area contributed by atoms with Crippen molar-refractivity contribution in [3.63, 3.8) is 0 Å². The highest BCUT2D eigenvalue weighted by Gasteiger charge is 2.20. The number of nitrogens with one attached hydrogen (secondary N) is 2. The molecule has 0 saturated carbocycles. The Morgan fingerprint density at radius 2 is 1.90 bits per heavy atom. The van der Waals surface area contributed by atoms with Crippen molar-refractivity contribution in [2.45, 2.75) is 32.4 Å². The van der Waals surface area contributed by atoms with E-state index in [9.17, 15) is 9.90 Å². The molecule has 1 rings (SSSR count). The van der Waals surface area contributed by atoms with Crippen molar-refractivity contribution in [3.05, 3.63) is 35.9 Å². The van der Waals surface area contributed by atoms with E-state index in [2.05, 4.69) is 24.5 Å². The van der Waals surface area contributed by atoms with Crippen LogP contribution in [0.4, 0.5) is 4.79 Å². The monoisotopic (exact) mass is 276 g/mol. The first-order chi connectivity index (χ1) is 9.49. The summed E-state index contributed by atoms with van der Waals surface area (Å²) in [6.45, 7) is 5.58. The molecule has 5 heteroatoms. The molecule has 0 aromatic heterocycles. The summed E-state index contributed by atoms with van der Waals surface area (Å²) in [5, 5.41) is 16.3. The summed E-state index contributed by atoms with van der Waals surface area (Å²) >= 11 is 0. The first-order valence-corrected chi connectivity index (χ1v) is 7.19. The molecule has 0 aliphatic carbocycles. The third-order valence-electron chi connectivity index (χ3n) is 3.06. The Balaban J connectivity index is 2.56. The summed E-state index contributed by atoms with van der Waals surface area (Å²) in [5.74, 6) is 0.421. The van der Waals surface area contributed by atoms with Crippen LogP contribution in [0.3, 0.4) is 0 Å². The van der Waals surface area contributed by atoms with Crippen molar-refractivity contribution < 1.29 is 9.90 Å². The van der Waals surface area contributed by atoms with Crippen molar-refractivity contribution >= 4 is 13.7 Å². The van der Waals surface area contributed by atoms with Gasteiger partial charge in [0, 0.05) is 6.54 Å². The van der Waals surface area contributed by atoms with Crippen molar-refractivity contribution in [2.24, 2.45) is 5.92 Å². The van der Waals surface area contributed by atoms with Crippen molar-refractivity contribution in [3.8, 4) is 0 Å². The predicted molar refractivity (Wildman–Crippen MR) is 84.7 cm³/mol. The van der Waals surface area contributed by atoms with E-state index in [0.29, 0.717) is 18.9 Å². The minimum atomic E-state index is -0.599. The quantitative estimate of drug-likeness (QED) is 0.608. The number of hydrogen-bond acceptors (Lipinski definition) is 3. The molecule has 0 saturated heterocycles. The Bertz CT molecular complexity index is 398. The molecular weight excluding hydrogens is 251 g/mol. The maximum absolute atomic E-state index is 11.3. The molecule has 1 aromatic rings. The average Bonchev–Trinajstić information content (AvgIpc) is 2.38. The van der Waals surface area contributed by atoms with Crippen molar-refractivity contribution in [2.75, 3.05) is 13.1 Å². The lowest BCUT2D eigenvalue weighted by Crippen LogP contribution is -2.48. The standard InChI is InChI=1S/C15H25BN2O2/c1-11(2)9-17-10-14(19)13(18-15(16)20)8-12-6-4-3-5-7-12/h3-7,11,13-14,17,19H,8-10,16H2,1-2H3,(H,18,20)/t13-,14+/m1/s1. The summed E-state index contributed by atoms with van der Waals surface area (Å²) in [6.07, 6.45) is 0.0307. The number of rotatable bonds is 8. The van der Waals surface area contributed by atoms with Gasteiger partial charge in [-0.25, -0.2) is 0 Å². The van der Waals surface area contributed by atoms with Crippen LogP contribution in [-0.4, -0.2) is 44.0 Å². The number of hydrogen-bond donors (Lipinski definition) is 3. The van der Waals surface area contributed by atoms with Crippen molar-refractivity contribution in [1.29, 1.82) is 0 Å². The first kappa shape index (κ1) is 16.7. The maximum atomic E-state index is 11.3. The van der Waals surface area contributed by atoms with E-state index in [4.69, 9.17) is 0 Å². The van der Waals surface area contributed by atoms with E-state index in [0.717, 1.165) is 12.1 Å². The zero-order valence-corrected chi connectivity index (χ0v) is 12.6. The Kier molecular flexibility index (Phi) is 7.33. The van der Waals surface area contributed by atoms with Gasteiger partial charge >= 0.3 is 0 Å². The summed E-state index contributed by atoms with van der Waals surface area (Å²) in [6, 6.07) is 9.62. The van der Waals surface area contributed by atoms with Gasteiger partial charge in [-0.05, 0) is 24.4 Å². The Hall–Kier alpha value is -1.33. The summed E-state index contributed by atoms with van der Waals surface area (Å²) in [4.78, 5) is 11.3. The number of carbonyl (C=O) groups excluding carboxylic acids is 1. The van der Waals surface area contributed by atoms with E-state index >= 15 is 0 Å². The lowest BCUT2D eigenvalue weighted by atomic mass is 9.99. The molecular formula is C15H25BN2O2. The fourth-order valence-corrected chi connectivity index (χ4v) is 2.07. The second-order valence-electron chi connectivity index (χ2n) is 5.62. The highest BCUT2D eigenvalue weighted by molar-refractivity contribution is 6.57. The van der Waals surface area contributed by atoms with Gasteiger partial charge in [0.25, 0.3) is 0 Å². The molecule has 110 valence electrons. The molecule has 0 bridgehead atoms. The predicted octanol–water partition coefficient (Wildman–Crippen LogP) is 0.547. The molecule has 0 radical (unpaired) electrons. The largest absolute Gasteiger partial charge is 0.390 e. The summed E-state index contributed by atoms with van der Waals surface area (Å²) < 4.78 is 0. The van der Waals surface area contributed by atoms with Crippen LogP contribution in [0.15, 0.2) is 30.3 Å². The first-order valence-electron chi connectivity index (χ1n) is 7.19. The average molecular weight is 276 g/mol. The smallest absolute Gasteiger partial charge is 0.215 e. The third-order valence-corrected chi connectivity index (χ3v) is 3.06. The third kappa shape index (κ3) is 6.73. The molecule has 0 unspecified atom stereocenters. The minimum absolute atomic E-state index is 0.117. The second-order valence-corrected chi connectivity index (χ2v) is 5.62. The van der Waals surface area contributed by atoms with Gasteiger partial charge in [0.15, 0.2) is 5.81 Å². The van der Waals surface area contributed by atoms with Gasteiger partial charge in [-0.1, -0.05) is 44.2 Å². The zero-order chi connectivity index (χ0) is 15.0. The zero-order valence-electron chi connectivity index (χ0n) is 12.6. The number of carbonyl (C=O) groups is 1. The number of amides is 1. The van der Waals surface area contributed by atoms with Crippen molar-refractivity contribution in [1.82, 2.24) is 10.6 Å². The fraction of sp³-hybridized carbons (Fsp3) is 0.533. The van der Waals surface area contributed by atoms with Crippen LogP contribution in [0.5, 0.6) is 0 Å². The van der Waals surface area contributed by atoms with Gasteiger partial charge in [-0.3, -0.25) is 4.79 Å². The number of aliphatic hydroxyl groups excluding tert-OH is 1. The van der Waals surface area contributed by atoms with Crippen LogP contribution in [0.25, 0.3) is 0 Å². The molecule has 3 N–H and O–H groups in total. The van der Waals surface area contributed by atoms with Crippen LogP contribution in [0.2, 0.25) is 0 Å².